The summed E-state index contributed by atoms with van der Waals surface area (Å²) in [5.41, 5.74) is 1.59. The quantitative estimate of drug-likeness (QED) is 0.479. The first-order chi connectivity index (χ1) is 10.8. The van der Waals surface area contributed by atoms with Crippen LogP contribution in [-0.4, -0.2) is 48.2 Å². The summed E-state index contributed by atoms with van der Waals surface area (Å²) in [6.07, 6.45) is 5.79. The largest absolute Gasteiger partial charge is 0.478 e. The van der Waals surface area contributed by atoms with Crippen molar-refractivity contribution in [2.24, 2.45) is 5.92 Å². The molecule has 5 atom stereocenters. The van der Waals surface area contributed by atoms with E-state index in [9.17, 15) is 4.79 Å². The van der Waals surface area contributed by atoms with Crippen molar-refractivity contribution in [3.63, 3.8) is 0 Å². The van der Waals surface area contributed by atoms with Gasteiger partial charge in [-0.15, -0.1) is 0 Å². The fraction of sp³-hybridized carbons (Fsp3) is 0.722. The van der Waals surface area contributed by atoms with Gasteiger partial charge in [0.2, 0.25) is 0 Å². The topological polar surface area (TPSA) is 71.6 Å². The SMILES string of the molecule is CO[C@@H]1/C(=C\C(=O)O)CC[C@]2(CO2)[C@H]1C1(C)O[C@@H]1CC=C(C)C. The Morgan fingerprint density at radius 3 is 2.70 bits per heavy atom. The zero-order valence-corrected chi connectivity index (χ0v) is 14.3. The summed E-state index contributed by atoms with van der Waals surface area (Å²) >= 11 is 0. The van der Waals surface area contributed by atoms with Gasteiger partial charge in [0.15, 0.2) is 0 Å². The van der Waals surface area contributed by atoms with E-state index in [1.54, 1.807) is 7.11 Å². The summed E-state index contributed by atoms with van der Waals surface area (Å²) < 4.78 is 17.6. The average molecular weight is 322 g/mol. The fourth-order valence-electron chi connectivity index (χ4n) is 4.15. The summed E-state index contributed by atoms with van der Waals surface area (Å²) in [6.45, 7) is 6.99. The third-order valence-electron chi connectivity index (χ3n) is 5.49. The summed E-state index contributed by atoms with van der Waals surface area (Å²) in [7, 11) is 1.64. The Labute approximate surface area is 137 Å². The maximum atomic E-state index is 11.1. The van der Waals surface area contributed by atoms with Gasteiger partial charge < -0.3 is 19.3 Å². The van der Waals surface area contributed by atoms with Crippen LogP contribution < -0.4 is 0 Å². The van der Waals surface area contributed by atoms with Crippen LogP contribution in [0.15, 0.2) is 23.3 Å². The Balaban J connectivity index is 1.85. The molecule has 2 saturated heterocycles. The second-order valence-electron chi connectivity index (χ2n) is 7.35. The number of rotatable bonds is 5. The maximum Gasteiger partial charge on any atom is 0.328 e. The molecule has 23 heavy (non-hydrogen) atoms. The molecule has 128 valence electrons. The predicted octanol–water partition coefficient (Wildman–Crippen LogP) is 2.71. The highest BCUT2D eigenvalue weighted by Crippen LogP contribution is 2.60. The van der Waals surface area contributed by atoms with Crippen molar-refractivity contribution >= 4 is 5.97 Å². The van der Waals surface area contributed by atoms with E-state index in [2.05, 4.69) is 26.8 Å². The third kappa shape index (κ3) is 2.97. The molecule has 1 N–H and O–H groups in total. The molecule has 1 saturated carbocycles. The van der Waals surface area contributed by atoms with Crippen LogP contribution >= 0.6 is 0 Å². The molecule has 3 rings (SSSR count). The van der Waals surface area contributed by atoms with Crippen molar-refractivity contribution in [2.75, 3.05) is 13.7 Å². The van der Waals surface area contributed by atoms with E-state index in [1.165, 1.54) is 11.6 Å². The number of hydrogen-bond acceptors (Lipinski definition) is 4. The number of carbonyl (C=O) groups is 1. The number of methoxy groups -OCH3 is 1. The van der Waals surface area contributed by atoms with Gasteiger partial charge in [-0.2, -0.15) is 0 Å². The molecule has 0 bridgehead atoms. The molecule has 0 radical (unpaired) electrons. The Morgan fingerprint density at radius 1 is 1.48 bits per heavy atom. The molecule has 0 aromatic carbocycles. The van der Waals surface area contributed by atoms with E-state index < -0.39 is 5.97 Å². The Hall–Kier alpha value is -1.17. The lowest BCUT2D eigenvalue weighted by molar-refractivity contribution is -0.131. The van der Waals surface area contributed by atoms with Crippen molar-refractivity contribution in [3.8, 4) is 0 Å². The second-order valence-corrected chi connectivity index (χ2v) is 7.35. The van der Waals surface area contributed by atoms with E-state index in [4.69, 9.17) is 19.3 Å². The minimum atomic E-state index is -0.920. The summed E-state index contributed by atoms with van der Waals surface area (Å²) in [4.78, 5) is 11.1. The van der Waals surface area contributed by atoms with E-state index in [0.29, 0.717) is 13.0 Å². The molecule has 1 spiro atoms. The molecular weight excluding hydrogens is 296 g/mol. The molecule has 0 amide bonds. The van der Waals surface area contributed by atoms with Gasteiger partial charge in [-0.1, -0.05) is 11.6 Å². The van der Waals surface area contributed by atoms with Crippen LogP contribution in [-0.2, 0) is 19.0 Å². The van der Waals surface area contributed by atoms with Crippen molar-refractivity contribution < 1.29 is 24.1 Å². The van der Waals surface area contributed by atoms with Crippen LogP contribution in [0, 0.1) is 5.92 Å². The first kappa shape index (κ1) is 16.7. The van der Waals surface area contributed by atoms with Crippen LogP contribution in [0.25, 0.3) is 0 Å². The highest BCUT2D eigenvalue weighted by Gasteiger charge is 2.71. The molecule has 5 heteroatoms. The molecule has 0 aromatic rings. The van der Waals surface area contributed by atoms with Crippen LogP contribution in [0.1, 0.15) is 40.0 Å². The lowest BCUT2D eigenvalue weighted by atomic mass is 9.67. The van der Waals surface area contributed by atoms with Crippen molar-refractivity contribution in [1.29, 1.82) is 0 Å². The van der Waals surface area contributed by atoms with Crippen LogP contribution in [0.4, 0.5) is 0 Å². The third-order valence-corrected chi connectivity index (χ3v) is 5.49. The van der Waals surface area contributed by atoms with Crippen molar-refractivity contribution in [1.82, 2.24) is 0 Å². The van der Waals surface area contributed by atoms with Gasteiger partial charge in [0, 0.05) is 13.2 Å². The van der Waals surface area contributed by atoms with Gasteiger partial charge in [0.25, 0.3) is 0 Å². The minimum Gasteiger partial charge on any atom is -0.478 e. The molecule has 1 unspecified atom stereocenters. The maximum absolute atomic E-state index is 11.1. The lowest BCUT2D eigenvalue weighted by Gasteiger charge is -2.40. The first-order valence-corrected chi connectivity index (χ1v) is 8.24. The number of epoxide rings is 2. The average Bonchev–Trinajstić information content (AvgIpc) is 3.37. The molecule has 2 aliphatic heterocycles. The Morgan fingerprint density at radius 2 is 2.17 bits per heavy atom. The number of carboxylic acids is 1. The smallest absolute Gasteiger partial charge is 0.328 e. The monoisotopic (exact) mass is 322 g/mol. The summed E-state index contributed by atoms with van der Waals surface area (Å²) in [5.74, 6) is -0.883. The second kappa shape index (κ2) is 5.72. The predicted molar refractivity (Wildman–Crippen MR) is 85.2 cm³/mol. The molecule has 3 fully saturated rings. The van der Waals surface area contributed by atoms with Crippen LogP contribution in [0.2, 0.25) is 0 Å². The van der Waals surface area contributed by atoms with Gasteiger partial charge in [0.05, 0.1) is 24.7 Å². The van der Waals surface area contributed by atoms with E-state index in [-0.39, 0.29) is 29.3 Å². The number of carboxylic acid groups (broad SMARTS) is 1. The standard InChI is InChI=1S/C18H26O5/c1-11(2)5-6-13-17(3,23-13)16-15(21-4)12(9-14(19)20)7-8-18(16)10-22-18/h5,9,13,15-16H,6-8,10H2,1-4H3,(H,19,20)/b12-9-/t13-,15-,16-,17?,18+/m1/s1. The molecule has 2 heterocycles. The Bertz CT molecular complexity index is 556. The summed E-state index contributed by atoms with van der Waals surface area (Å²) in [6, 6.07) is 0. The number of ether oxygens (including phenoxy) is 3. The van der Waals surface area contributed by atoms with Crippen LogP contribution in [0.5, 0.6) is 0 Å². The fourth-order valence-corrected chi connectivity index (χ4v) is 4.15. The molecule has 5 nitrogen and oxygen atoms in total. The lowest BCUT2D eigenvalue weighted by Crippen LogP contribution is -2.50. The van der Waals surface area contributed by atoms with Gasteiger partial charge in [-0.05, 0) is 45.6 Å². The van der Waals surface area contributed by atoms with Gasteiger partial charge >= 0.3 is 5.97 Å². The minimum absolute atomic E-state index is 0.0370. The first-order valence-electron chi connectivity index (χ1n) is 8.24. The van der Waals surface area contributed by atoms with Crippen molar-refractivity contribution in [3.05, 3.63) is 23.3 Å². The zero-order chi connectivity index (χ0) is 16.8. The van der Waals surface area contributed by atoms with Gasteiger partial charge in [-0.3, -0.25) is 0 Å². The van der Waals surface area contributed by atoms with E-state index in [1.807, 2.05) is 0 Å². The zero-order valence-electron chi connectivity index (χ0n) is 14.3. The van der Waals surface area contributed by atoms with E-state index in [0.717, 1.165) is 18.4 Å². The normalized spacial score (nSPS) is 43.5. The van der Waals surface area contributed by atoms with E-state index >= 15 is 0 Å². The molecular formula is C18H26O5. The molecule has 1 aliphatic carbocycles. The highest BCUT2D eigenvalue weighted by atomic mass is 16.6. The molecule has 3 aliphatic rings. The number of allylic oxidation sites excluding steroid dienone is 1. The van der Waals surface area contributed by atoms with Gasteiger partial charge in [-0.25, -0.2) is 4.79 Å². The molecule has 0 aromatic heterocycles. The van der Waals surface area contributed by atoms with Crippen LogP contribution in [0.3, 0.4) is 0 Å². The number of aliphatic carboxylic acids is 1. The Kier molecular flexibility index (Phi) is 4.15. The number of hydrogen-bond donors (Lipinski definition) is 1. The van der Waals surface area contributed by atoms with Gasteiger partial charge in [0.1, 0.15) is 11.2 Å². The highest BCUT2D eigenvalue weighted by molar-refractivity contribution is 5.81. The summed E-state index contributed by atoms with van der Waals surface area (Å²) in [5, 5.41) is 9.12. The van der Waals surface area contributed by atoms with Crippen molar-refractivity contribution in [2.45, 2.75) is 63.4 Å².